The van der Waals surface area contributed by atoms with Crippen LogP contribution in [-0.2, 0) is 6.54 Å². The van der Waals surface area contributed by atoms with Crippen molar-refractivity contribution in [2.24, 2.45) is 0 Å². The van der Waals surface area contributed by atoms with E-state index in [1.807, 2.05) is 10.8 Å². The second-order valence-electron chi connectivity index (χ2n) is 3.74. The summed E-state index contributed by atoms with van der Waals surface area (Å²) in [5.74, 6) is 0.0554. The molecule has 3 N–H and O–H groups in total. The van der Waals surface area contributed by atoms with Gasteiger partial charge in [-0.1, -0.05) is 0 Å². The molecule has 94 valence electrons. The van der Waals surface area contributed by atoms with Crippen molar-refractivity contribution in [2.75, 3.05) is 12.3 Å². The van der Waals surface area contributed by atoms with E-state index in [2.05, 4.69) is 20.3 Å². The van der Waals surface area contributed by atoms with Gasteiger partial charge in [-0.2, -0.15) is 0 Å². The monoisotopic (exact) mass is 246 g/mol. The van der Waals surface area contributed by atoms with Crippen LogP contribution in [0.25, 0.3) is 0 Å². The molecule has 0 saturated carbocycles. The van der Waals surface area contributed by atoms with Crippen LogP contribution in [0, 0.1) is 0 Å². The average Bonchev–Trinajstić information content (AvgIpc) is 2.88. The molecular formula is C11H14N6O. The fraction of sp³-hybridized carbons (Fsp3) is 0.273. The maximum Gasteiger partial charge on any atom is 0.271 e. The first-order valence-electron chi connectivity index (χ1n) is 5.57. The van der Waals surface area contributed by atoms with E-state index in [9.17, 15) is 4.79 Å². The van der Waals surface area contributed by atoms with Crippen LogP contribution in [-0.4, -0.2) is 32.0 Å². The molecule has 0 saturated heterocycles. The molecule has 0 aliphatic heterocycles. The predicted octanol–water partition coefficient (Wildman–Crippen LogP) is 0.0754. The number of hydrogen-bond acceptors (Lipinski definition) is 5. The Morgan fingerprint density at radius 3 is 2.94 bits per heavy atom. The molecule has 18 heavy (non-hydrogen) atoms. The van der Waals surface area contributed by atoms with Gasteiger partial charge in [0.15, 0.2) is 0 Å². The van der Waals surface area contributed by atoms with E-state index < -0.39 is 0 Å². The molecule has 0 spiro atoms. The van der Waals surface area contributed by atoms with Crippen molar-refractivity contribution in [3.8, 4) is 0 Å². The van der Waals surface area contributed by atoms with E-state index >= 15 is 0 Å². The summed E-state index contributed by atoms with van der Waals surface area (Å²) in [6, 6.07) is 0. The zero-order valence-electron chi connectivity index (χ0n) is 9.78. The molecule has 0 aliphatic rings. The average molecular weight is 246 g/mol. The largest absolute Gasteiger partial charge is 0.382 e. The van der Waals surface area contributed by atoms with Crippen LogP contribution in [0.3, 0.4) is 0 Å². The van der Waals surface area contributed by atoms with Gasteiger partial charge in [-0.05, 0) is 6.42 Å². The quantitative estimate of drug-likeness (QED) is 0.728. The Bertz CT molecular complexity index is 493. The first-order chi connectivity index (χ1) is 8.75. The lowest BCUT2D eigenvalue weighted by Gasteiger charge is -2.05. The van der Waals surface area contributed by atoms with Gasteiger partial charge in [0.1, 0.15) is 11.5 Å². The highest BCUT2D eigenvalue weighted by Crippen LogP contribution is 1.96. The fourth-order valence-corrected chi connectivity index (χ4v) is 1.43. The summed E-state index contributed by atoms with van der Waals surface area (Å²) in [6.07, 6.45) is 8.90. The Balaban J connectivity index is 1.73. The molecule has 0 bridgehead atoms. The molecule has 2 heterocycles. The van der Waals surface area contributed by atoms with Crippen LogP contribution < -0.4 is 11.1 Å². The molecule has 2 aromatic heterocycles. The van der Waals surface area contributed by atoms with Gasteiger partial charge in [0.2, 0.25) is 0 Å². The summed E-state index contributed by atoms with van der Waals surface area (Å²) >= 11 is 0. The SMILES string of the molecule is Nc1cnc(C(=O)NCCCn2ccnc2)cn1. The van der Waals surface area contributed by atoms with Crippen molar-refractivity contribution in [3.05, 3.63) is 36.8 Å². The number of nitrogen functional groups attached to an aromatic ring is 1. The van der Waals surface area contributed by atoms with Gasteiger partial charge in [0.05, 0.1) is 18.7 Å². The zero-order valence-corrected chi connectivity index (χ0v) is 9.78. The lowest BCUT2D eigenvalue weighted by Crippen LogP contribution is -2.26. The number of nitrogens with two attached hydrogens (primary N) is 1. The molecule has 1 amide bonds. The van der Waals surface area contributed by atoms with Gasteiger partial charge in [0, 0.05) is 25.5 Å². The molecule has 0 atom stereocenters. The first-order valence-corrected chi connectivity index (χ1v) is 5.57. The Morgan fingerprint density at radius 1 is 1.39 bits per heavy atom. The number of rotatable bonds is 5. The van der Waals surface area contributed by atoms with E-state index in [0.717, 1.165) is 13.0 Å². The summed E-state index contributed by atoms with van der Waals surface area (Å²) < 4.78 is 1.95. The molecule has 0 unspecified atom stereocenters. The van der Waals surface area contributed by atoms with Crippen molar-refractivity contribution < 1.29 is 4.79 Å². The van der Waals surface area contributed by atoms with E-state index in [-0.39, 0.29) is 11.6 Å². The van der Waals surface area contributed by atoms with Crippen molar-refractivity contribution >= 4 is 11.7 Å². The smallest absolute Gasteiger partial charge is 0.271 e. The number of carbonyl (C=O) groups excluding carboxylic acids is 1. The van der Waals surface area contributed by atoms with Gasteiger partial charge < -0.3 is 15.6 Å². The van der Waals surface area contributed by atoms with Gasteiger partial charge in [-0.3, -0.25) is 4.79 Å². The second kappa shape index (κ2) is 5.76. The van der Waals surface area contributed by atoms with Crippen LogP contribution in [0.1, 0.15) is 16.9 Å². The fourth-order valence-electron chi connectivity index (χ4n) is 1.43. The van der Waals surface area contributed by atoms with Crippen molar-refractivity contribution in [3.63, 3.8) is 0 Å². The van der Waals surface area contributed by atoms with Gasteiger partial charge in [-0.25, -0.2) is 15.0 Å². The molecule has 0 radical (unpaired) electrons. The molecule has 2 aromatic rings. The molecular weight excluding hydrogens is 232 g/mol. The predicted molar refractivity (Wildman–Crippen MR) is 65.6 cm³/mol. The van der Waals surface area contributed by atoms with Crippen molar-refractivity contribution in [1.29, 1.82) is 0 Å². The van der Waals surface area contributed by atoms with Crippen LogP contribution in [0.4, 0.5) is 5.82 Å². The maximum absolute atomic E-state index is 11.6. The Morgan fingerprint density at radius 2 is 2.28 bits per heavy atom. The lowest BCUT2D eigenvalue weighted by atomic mass is 10.3. The van der Waals surface area contributed by atoms with Crippen molar-refractivity contribution in [1.82, 2.24) is 24.8 Å². The minimum Gasteiger partial charge on any atom is -0.382 e. The third kappa shape index (κ3) is 3.27. The number of carbonyl (C=O) groups is 1. The van der Waals surface area contributed by atoms with Crippen molar-refractivity contribution in [2.45, 2.75) is 13.0 Å². The summed E-state index contributed by atoms with van der Waals surface area (Å²) in [5, 5.41) is 2.76. The topological polar surface area (TPSA) is 98.7 Å². The van der Waals surface area contributed by atoms with E-state index in [1.165, 1.54) is 12.4 Å². The number of imidazole rings is 1. The Kier molecular flexibility index (Phi) is 3.85. The lowest BCUT2D eigenvalue weighted by molar-refractivity contribution is 0.0947. The zero-order chi connectivity index (χ0) is 12.8. The van der Waals surface area contributed by atoms with Crippen LogP contribution in [0.15, 0.2) is 31.1 Å². The third-order valence-corrected chi connectivity index (χ3v) is 2.34. The summed E-state index contributed by atoms with van der Waals surface area (Å²) in [6.45, 7) is 1.39. The van der Waals surface area contributed by atoms with Crippen LogP contribution in [0.5, 0.6) is 0 Å². The highest BCUT2D eigenvalue weighted by molar-refractivity contribution is 5.91. The maximum atomic E-state index is 11.6. The molecule has 2 rings (SSSR count). The highest BCUT2D eigenvalue weighted by atomic mass is 16.1. The number of nitrogens with one attached hydrogen (secondary N) is 1. The summed E-state index contributed by atoms with van der Waals surface area (Å²) in [4.78, 5) is 23.3. The molecule has 0 aliphatic carbocycles. The third-order valence-electron chi connectivity index (χ3n) is 2.34. The Labute approximate surface area is 104 Å². The number of hydrogen-bond donors (Lipinski definition) is 2. The van der Waals surface area contributed by atoms with E-state index in [0.29, 0.717) is 12.4 Å². The summed E-state index contributed by atoms with van der Waals surface area (Å²) in [5.41, 5.74) is 5.66. The number of amides is 1. The number of anilines is 1. The molecule has 0 fully saturated rings. The van der Waals surface area contributed by atoms with Gasteiger partial charge >= 0.3 is 0 Å². The second-order valence-corrected chi connectivity index (χ2v) is 3.74. The van der Waals surface area contributed by atoms with Crippen LogP contribution >= 0.6 is 0 Å². The number of aromatic nitrogens is 4. The van der Waals surface area contributed by atoms with Crippen LogP contribution in [0.2, 0.25) is 0 Å². The Hall–Kier alpha value is -2.44. The number of nitrogens with zero attached hydrogens (tertiary/aromatic N) is 4. The first kappa shape index (κ1) is 12.0. The molecule has 7 heteroatoms. The molecule has 7 nitrogen and oxygen atoms in total. The standard InChI is InChI=1S/C11H14N6O/c12-10-7-15-9(6-16-10)11(18)14-2-1-4-17-5-3-13-8-17/h3,5-8H,1-2,4H2,(H2,12,16)(H,14,18). The van der Waals surface area contributed by atoms with Gasteiger partial charge in [-0.15, -0.1) is 0 Å². The summed E-state index contributed by atoms with van der Waals surface area (Å²) in [7, 11) is 0. The minimum absolute atomic E-state index is 0.242. The molecule has 0 aromatic carbocycles. The van der Waals surface area contributed by atoms with E-state index in [4.69, 9.17) is 5.73 Å². The normalized spacial score (nSPS) is 10.2. The number of aryl methyl sites for hydroxylation is 1. The highest BCUT2D eigenvalue weighted by Gasteiger charge is 2.06. The van der Waals surface area contributed by atoms with E-state index in [1.54, 1.807) is 12.5 Å². The van der Waals surface area contributed by atoms with Gasteiger partial charge in [0.25, 0.3) is 5.91 Å². The minimum atomic E-state index is -0.242.